The molecule has 0 unspecified atom stereocenters. The lowest BCUT2D eigenvalue weighted by molar-refractivity contribution is -0.260. The van der Waals surface area contributed by atoms with E-state index < -0.39 is 52.7 Å². The zero-order valence-corrected chi connectivity index (χ0v) is 18.2. The van der Waals surface area contributed by atoms with E-state index in [0.29, 0.717) is 17.2 Å². The van der Waals surface area contributed by atoms with Gasteiger partial charge >= 0.3 is 23.8 Å². The van der Waals surface area contributed by atoms with Crippen molar-refractivity contribution in [3.63, 3.8) is 0 Å². The number of fused-ring (bicyclic) bond motifs is 3. The summed E-state index contributed by atoms with van der Waals surface area (Å²) in [5.74, 6) is -14.0. The second-order valence-corrected chi connectivity index (χ2v) is 7.79. The summed E-state index contributed by atoms with van der Waals surface area (Å²) in [5.41, 5.74) is 9.32. The minimum Gasteiger partial charge on any atom is -0.477 e. The van der Waals surface area contributed by atoms with Gasteiger partial charge in [0, 0.05) is 22.1 Å². The number of rotatable bonds is 7. The zero-order chi connectivity index (χ0) is 26.1. The molecule has 0 fully saturated rings. The third kappa shape index (κ3) is 3.77. The van der Waals surface area contributed by atoms with Gasteiger partial charge in [0.05, 0.1) is 0 Å². The Balaban J connectivity index is 1.63. The van der Waals surface area contributed by atoms with E-state index in [-0.39, 0.29) is 0 Å². The predicted octanol–water partition coefficient (Wildman–Crippen LogP) is 6.61. The fourth-order valence-electron chi connectivity index (χ4n) is 4.17. The lowest BCUT2D eigenvalue weighted by Gasteiger charge is -2.33. The third-order valence-electron chi connectivity index (χ3n) is 5.86. The Morgan fingerprint density at radius 3 is 2.06 bits per heavy atom. The van der Waals surface area contributed by atoms with Crippen LogP contribution in [0.5, 0.6) is 0 Å². The molecule has 0 aromatic heterocycles. The number of azide groups is 1. The fraction of sp³-hybridized carbons (Fsp3) is 0.167. The van der Waals surface area contributed by atoms with E-state index in [9.17, 15) is 19.2 Å². The Labute approximate surface area is 200 Å². The number of alkyl halides is 3. The van der Waals surface area contributed by atoms with E-state index in [4.69, 9.17) is 10.3 Å². The van der Waals surface area contributed by atoms with Crippen LogP contribution in [-0.2, 0) is 15.5 Å². The summed E-state index contributed by atoms with van der Waals surface area (Å²) in [6.07, 6.45) is -2.28. The number of benzene rings is 3. The van der Waals surface area contributed by atoms with Gasteiger partial charge in [-0.2, -0.15) is 13.2 Å². The van der Waals surface area contributed by atoms with Crippen LogP contribution in [0.3, 0.4) is 0 Å². The third-order valence-corrected chi connectivity index (χ3v) is 5.86. The number of ether oxygens (including phenoxy) is 1. The molecule has 1 atom stereocenters. The summed E-state index contributed by atoms with van der Waals surface area (Å²) in [4.78, 5) is 26.3. The second kappa shape index (κ2) is 9.23. The molecular weight excluding hydrogens is 484 g/mol. The van der Waals surface area contributed by atoms with Gasteiger partial charge in [-0.25, -0.2) is 9.59 Å². The molecule has 0 saturated heterocycles. The van der Waals surface area contributed by atoms with Crippen molar-refractivity contribution in [2.24, 2.45) is 5.11 Å². The molecule has 0 spiro atoms. The van der Waals surface area contributed by atoms with Crippen molar-refractivity contribution in [1.82, 2.24) is 5.12 Å². The Hall–Kier alpha value is -4.57. The number of nitrogens with zero attached hydrogens (tertiary/aromatic N) is 4. The highest BCUT2D eigenvalue weighted by atomic mass is 19.3. The highest BCUT2D eigenvalue weighted by Crippen LogP contribution is 2.48. The topological polar surface area (TPSA) is 116 Å². The molecule has 12 heteroatoms. The maximum atomic E-state index is 15.4. The first kappa shape index (κ1) is 24.6. The van der Waals surface area contributed by atoms with Crippen molar-refractivity contribution < 1.29 is 37.1 Å². The molecule has 0 bridgehead atoms. The maximum Gasteiger partial charge on any atom is 0.442 e. The van der Waals surface area contributed by atoms with Gasteiger partial charge in [0.2, 0.25) is 0 Å². The van der Waals surface area contributed by atoms with Crippen LogP contribution >= 0.6 is 0 Å². The molecule has 0 aliphatic heterocycles. The number of carbonyl (C=O) groups is 2. The summed E-state index contributed by atoms with van der Waals surface area (Å²) >= 11 is 0. The monoisotopic (exact) mass is 500 g/mol. The summed E-state index contributed by atoms with van der Waals surface area (Å²) in [5, 5.41) is 10.4. The lowest BCUT2D eigenvalue weighted by atomic mass is 9.97. The first-order valence-electron chi connectivity index (χ1n) is 10.4. The van der Waals surface area contributed by atoms with E-state index in [1.165, 1.54) is 0 Å². The van der Waals surface area contributed by atoms with Crippen LogP contribution in [0, 0.1) is 0 Å². The standard InChI is InChI=1S/C24H16F4N4O4/c25-23(26,19-11-5-6-12-20(19)30-31-29)24(27,21(33)34)32(28)22(35)36-13-18-16-9-3-1-7-14(16)15-8-2-4-10-17(15)18/h1-12,18H,13H2,(H,33,34)/t24-/m1/s1. The largest absolute Gasteiger partial charge is 0.477 e. The smallest absolute Gasteiger partial charge is 0.442 e. The molecule has 1 aliphatic carbocycles. The van der Waals surface area contributed by atoms with Crippen LogP contribution in [0.2, 0.25) is 0 Å². The summed E-state index contributed by atoms with van der Waals surface area (Å²) in [6, 6.07) is 17.6. The van der Waals surface area contributed by atoms with Gasteiger partial charge in [-0.05, 0) is 27.8 Å². The van der Waals surface area contributed by atoms with Crippen LogP contribution in [0.15, 0.2) is 77.9 Å². The molecule has 0 radical (unpaired) electrons. The van der Waals surface area contributed by atoms with E-state index in [1.807, 2.05) is 12.1 Å². The van der Waals surface area contributed by atoms with E-state index in [0.717, 1.165) is 29.3 Å². The van der Waals surface area contributed by atoms with Crippen molar-refractivity contribution in [1.29, 1.82) is 0 Å². The number of carbonyl (C=O) groups excluding carboxylic acids is 1. The zero-order valence-electron chi connectivity index (χ0n) is 18.2. The molecule has 3 aromatic carbocycles. The Morgan fingerprint density at radius 2 is 1.50 bits per heavy atom. The molecule has 4 rings (SSSR count). The Kier molecular flexibility index (Phi) is 6.30. The molecular formula is C24H16F4N4O4. The number of hydrogen-bond donors (Lipinski definition) is 1. The van der Waals surface area contributed by atoms with Crippen molar-refractivity contribution in [3.8, 4) is 11.1 Å². The Bertz CT molecular complexity index is 1350. The van der Waals surface area contributed by atoms with E-state index >= 15 is 13.2 Å². The average Bonchev–Trinajstić information content (AvgIpc) is 3.20. The van der Waals surface area contributed by atoms with Crippen LogP contribution in [0.1, 0.15) is 22.6 Å². The molecule has 1 amide bonds. The van der Waals surface area contributed by atoms with Crippen molar-refractivity contribution in [2.75, 3.05) is 6.61 Å². The minimum absolute atomic E-state index is 0.548. The van der Waals surface area contributed by atoms with Gasteiger partial charge in [-0.15, -0.1) is 0 Å². The fourth-order valence-corrected chi connectivity index (χ4v) is 4.17. The van der Waals surface area contributed by atoms with Crippen molar-refractivity contribution in [2.45, 2.75) is 17.6 Å². The lowest BCUT2D eigenvalue weighted by Crippen LogP contribution is -2.60. The number of carboxylic acid groups (broad SMARTS) is 1. The molecule has 1 aliphatic rings. The molecule has 36 heavy (non-hydrogen) atoms. The van der Waals surface area contributed by atoms with Crippen LogP contribution in [0.25, 0.3) is 21.6 Å². The number of halogens is 4. The van der Waals surface area contributed by atoms with Gasteiger partial charge in [0.1, 0.15) is 6.61 Å². The van der Waals surface area contributed by atoms with Gasteiger partial charge < -0.3 is 9.84 Å². The van der Waals surface area contributed by atoms with Crippen molar-refractivity contribution >= 4 is 17.7 Å². The first-order chi connectivity index (χ1) is 17.1. The minimum atomic E-state index is -5.23. The summed E-state index contributed by atoms with van der Waals surface area (Å²) < 4.78 is 65.4. The van der Waals surface area contributed by atoms with Crippen LogP contribution in [0.4, 0.5) is 28.1 Å². The first-order valence-corrected chi connectivity index (χ1v) is 10.4. The number of hydrogen-bond acceptors (Lipinski definition) is 4. The highest BCUT2D eigenvalue weighted by molar-refractivity contribution is 5.84. The van der Waals surface area contributed by atoms with Crippen molar-refractivity contribution in [3.05, 3.63) is 99.9 Å². The average molecular weight is 500 g/mol. The maximum absolute atomic E-state index is 15.4. The van der Waals surface area contributed by atoms with Gasteiger partial charge in [0.15, 0.2) is 0 Å². The SMILES string of the molecule is [N-]=[N+]=Nc1ccccc1C(F)(F)[C@@](F)(C(=O)O)N(F)C(=O)OCC1c2ccccc2-c2ccccc21. The Morgan fingerprint density at radius 1 is 0.972 bits per heavy atom. The molecule has 8 nitrogen and oxygen atoms in total. The number of carboxylic acids is 1. The second-order valence-electron chi connectivity index (χ2n) is 7.79. The van der Waals surface area contributed by atoms with E-state index in [1.54, 1.807) is 36.4 Å². The van der Waals surface area contributed by atoms with Gasteiger partial charge in [-0.3, -0.25) is 0 Å². The van der Waals surface area contributed by atoms with Crippen LogP contribution < -0.4 is 0 Å². The molecule has 1 N–H and O–H groups in total. The predicted molar refractivity (Wildman–Crippen MR) is 119 cm³/mol. The molecule has 184 valence electrons. The van der Waals surface area contributed by atoms with Gasteiger partial charge in [-0.1, -0.05) is 87.5 Å². The van der Waals surface area contributed by atoms with E-state index in [2.05, 4.69) is 10.0 Å². The van der Waals surface area contributed by atoms with Gasteiger partial charge in [0.25, 0.3) is 0 Å². The number of aliphatic carboxylic acids is 1. The summed E-state index contributed by atoms with van der Waals surface area (Å²) in [7, 11) is 0. The number of amides is 1. The molecule has 0 heterocycles. The summed E-state index contributed by atoms with van der Waals surface area (Å²) in [6.45, 7) is -0.580. The quantitative estimate of drug-likeness (QED) is 0.0982. The molecule has 0 saturated carbocycles. The normalized spacial score (nSPS) is 14.1. The molecule has 3 aromatic rings. The highest BCUT2D eigenvalue weighted by Gasteiger charge is 2.69. The van der Waals surface area contributed by atoms with Crippen LogP contribution in [-0.4, -0.2) is 34.7 Å².